The average molecular weight is 325 g/mol. The van der Waals surface area contributed by atoms with Crippen molar-refractivity contribution in [1.82, 2.24) is 20.1 Å². The van der Waals surface area contributed by atoms with Gasteiger partial charge in [-0.15, -0.1) is 0 Å². The van der Waals surface area contributed by atoms with Crippen molar-refractivity contribution in [1.29, 1.82) is 5.26 Å². The normalized spacial score (nSPS) is 10.4. The molecule has 0 bridgehead atoms. The van der Waals surface area contributed by atoms with Gasteiger partial charge < -0.3 is 5.32 Å². The first kappa shape index (κ1) is 17.7. The molecule has 2 rings (SSSR count). The van der Waals surface area contributed by atoms with Crippen molar-refractivity contribution in [2.24, 2.45) is 0 Å². The van der Waals surface area contributed by atoms with Crippen molar-refractivity contribution in [2.45, 2.75) is 46.1 Å². The lowest BCUT2D eigenvalue weighted by molar-refractivity contribution is -0.121. The minimum Gasteiger partial charge on any atom is -0.356 e. The minimum absolute atomic E-state index is 0.0366. The van der Waals surface area contributed by atoms with Crippen LogP contribution in [0.4, 0.5) is 0 Å². The molecule has 0 spiro atoms. The number of hydrogen-bond donors (Lipinski definition) is 1. The number of nitrogens with zero attached hydrogens (tertiary/aromatic N) is 4. The molecule has 6 heteroatoms. The molecule has 0 atom stereocenters. The van der Waals surface area contributed by atoms with Crippen molar-refractivity contribution in [2.75, 3.05) is 6.54 Å². The highest BCUT2D eigenvalue weighted by Crippen LogP contribution is 2.15. The average Bonchev–Trinajstić information content (AvgIpc) is 2.85. The van der Waals surface area contributed by atoms with E-state index in [0.717, 1.165) is 29.1 Å². The Morgan fingerprint density at radius 2 is 2.17 bits per heavy atom. The summed E-state index contributed by atoms with van der Waals surface area (Å²) in [6.45, 7) is 5.13. The van der Waals surface area contributed by atoms with Gasteiger partial charge in [-0.3, -0.25) is 14.5 Å². The zero-order valence-electron chi connectivity index (χ0n) is 14.2. The predicted molar refractivity (Wildman–Crippen MR) is 91.2 cm³/mol. The molecular formula is C18H23N5O. The van der Waals surface area contributed by atoms with Crippen LogP contribution in [0, 0.1) is 25.2 Å². The van der Waals surface area contributed by atoms with Gasteiger partial charge in [0.15, 0.2) is 0 Å². The van der Waals surface area contributed by atoms with Crippen molar-refractivity contribution < 1.29 is 4.79 Å². The van der Waals surface area contributed by atoms with Crippen LogP contribution in [0.25, 0.3) is 0 Å². The van der Waals surface area contributed by atoms with Gasteiger partial charge in [-0.25, -0.2) is 0 Å². The van der Waals surface area contributed by atoms with Crippen LogP contribution in [-0.4, -0.2) is 27.2 Å². The maximum absolute atomic E-state index is 12.0. The summed E-state index contributed by atoms with van der Waals surface area (Å²) >= 11 is 0. The maximum atomic E-state index is 12.0. The van der Waals surface area contributed by atoms with E-state index in [4.69, 9.17) is 5.26 Å². The molecule has 6 nitrogen and oxygen atoms in total. The monoisotopic (exact) mass is 325 g/mol. The van der Waals surface area contributed by atoms with Gasteiger partial charge >= 0.3 is 0 Å². The van der Waals surface area contributed by atoms with E-state index in [-0.39, 0.29) is 5.91 Å². The Bertz CT molecular complexity index is 715. The first-order valence-electron chi connectivity index (χ1n) is 8.18. The second-order valence-electron chi connectivity index (χ2n) is 5.70. The molecule has 24 heavy (non-hydrogen) atoms. The number of rotatable bonds is 8. The zero-order valence-corrected chi connectivity index (χ0v) is 14.2. The van der Waals surface area contributed by atoms with Crippen molar-refractivity contribution >= 4 is 5.91 Å². The summed E-state index contributed by atoms with van der Waals surface area (Å²) in [5.74, 6) is 0.0366. The molecule has 0 radical (unpaired) electrons. The lowest BCUT2D eigenvalue weighted by Crippen LogP contribution is -2.26. The molecule has 0 aliphatic rings. The van der Waals surface area contributed by atoms with E-state index in [1.165, 1.54) is 0 Å². The third-order valence-electron chi connectivity index (χ3n) is 4.00. The largest absolute Gasteiger partial charge is 0.356 e. The third kappa shape index (κ3) is 4.92. The smallest absolute Gasteiger partial charge is 0.220 e. The van der Waals surface area contributed by atoms with E-state index < -0.39 is 0 Å². The highest BCUT2D eigenvalue weighted by Gasteiger charge is 2.12. The number of carbonyl (C=O) groups is 1. The van der Waals surface area contributed by atoms with E-state index in [1.54, 1.807) is 6.20 Å². The summed E-state index contributed by atoms with van der Waals surface area (Å²) in [5, 5.41) is 16.1. The lowest BCUT2D eigenvalue weighted by atomic mass is 10.1. The van der Waals surface area contributed by atoms with E-state index in [9.17, 15) is 4.79 Å². The first-order valence-corrected chi connectivity index (χ1v) is 8.18. The van der Waals surface area contributed by atoms with E-state index in [1.807, 2.05) is 36.7 Å². The Hall–Kier alpha value is -2.68. The molecule has 126 valence electrons. The van der Waals surface area contributed by atoms with Crippen LogP contribution in [0.2, 0.25) is 0 Å². The topological polar surface area (TPSA) is 83.6 Å². The molecule has 0 aromatic carbocycles. The van der Waals surface area contributed by atoms with Gasteiger partial charge in [0.2, 0.25) is 5.91 Å². The molecule has 1 N–H and O–H groups in total. The number of aromatic nitrogens is 3. The summed E-state index contributed by atoms with van der Waals surface area (Å²) < 4.78 is 1.85. The van der Waals surface area contributed by atoms with Crippen LogP contribution < -0.4 is 5.32 Å². The van der Waals surface area contributed by atoms with Crippen LogP contribution in [0.15, 0.2) is 24.4 Å². The van der Waals surface area contributed by atoms with Gasteiger partial charge in [0.25, 0.3) is 0 Å². The number of pyridine rings is 1. The zero-order chi connectivity index (χ0) is 17.4. The molecule has 0 saturated carbocycles. The molecule has 0 unspecified atom stereocenters. The van der Waals surface area contributed by atoms with Crippen molar-refractivity contribution in [3.8, 4) is 6.07 Å². The Labute approximate surface area is 142 Å². The Morgan fingerprint density at radius 1 is 1.33 bits per heavy atom. The Morgan fingerprint density at radius 3 is 2.88 bits per heavy atom. The molecule has 1 amide bonds. The first-order chi connectivity index (χ1) is 11.6. The Kier molecular flexibility index (Phi) is 6.50. The van der Waals surface area contributed by atoms with E-state index >= 15 is 0 Å². The lowest BCUT2D eigenvalue weighted by Gasteiger charge is -2.06. The molecule has 2 aromatic rings. The SMILES string of the molecule is Cc1nn(CCC#N)c(C)c1CCC(=O)NCCc1ccccn1. The number of amides is 1. The standard InChI is InChI=1S/C18H23N5O/c1-14-17(15(2)23(22-14)13-5-10-19)7-8-18(24)21-12-9-16-6-3-4-11-20-16/h3-4,6,11H,5,7-9,12-13H2,1-2H3,(H,21,24). The van der Waals surface area contributed by atoms with Gasteiger partial charge in [-0.05, 0) is 38.0 Å². The molecule has 2 heterocycles. The summed E-state index contributed by atoms with van der Waals surface area (Å²) in [7, 11) is 0. The number of hydrogen-bond acceptors (Lipinski definition) is 4. The fraction of sp³-hybridized carbons (Fsp3) is 0.444. The number of nitriles is 1. The summed E-state index contributed by atoms with van der Waals surface area (Å²) in [6, 6.07) is 7.90. The molecule has 0 saturated heterocycles. The number of aryl methyl sites for hydroxylation is 2. The van der Waals surface area contributed by atoms with Gasteiger partial charge in [0.05, 0.1) is 24.7 Å². The number of carbonyl (C=O) groups excluding carboxylic acids is 1. The summed E-state index contributed by atoms with van der Waals surface area (Å²) in [5.41, 5.74) is 4.06. The second-order valence-corrected chi connectivity index (χ2v) is 5.70. The van der Waals surface area contributed by atoms with Crippen molar-refractivity contribution in [3.63, 3.8) is 0 Å². The van der Waals surface area contributed by atoms with Gasteiger partial charge in [0, 0.05) is 37.0 Å². The van der Waals surface area contributed by atoms with Crippen LogP contribution in [0.5, 0.6) is 0 Å². The molecule has 0 aliphatic carbocycles. The van der Waals surface area contributed by atoms with Crippen LogP contribution >= 0.6 is 0 Å². The highest BCUT2D eigenvalue weighted by atomic mass is 16.1. The van der Waals surface area contributed by atoms with E-state index in [0.29, 0.717) is 32.4 Å². The predicted octanol–water partition coefficient (Wildman–Crippen LogP) is 2.10. The number of nitrogens with one attached hydrogen (secondary N) is 1. The highest BCUT2D eigenvalue weighted by molar-refractivity contribution is 5.76. The van der Waals surface area contributed by atoms with Crippen LogP contribution in [0.1, 0.15) is 35.5 Å². The van der Waals surface area contributed by atoms with E-state index in [2.05, 4.69) is 21.5 Å². The fourth-order valence-electron chi connectivity index (χ4n) is 2.67. The third-order valence-corrected chi connectivity index (χ3v) is 4.00. The van der Waals surface area contributed by atoms with Crippen LogP contribution in [-0.2, 0) is 24.2 Å². The maximum Gasteiger partial charge on any atom is 0.220 e. The summed E-state index contributed by atoms with van der Waals surface area (Å²) in [6.07, 6.45) is 4.03. The van der Waals surface area contributed by atoms with Gasteiger partial charge in [-0.1, -0.05) is 6.07 Å². The molecule has 2 aromatic heterocycles. The Balaban J connectivity index is 1.79. The quantitative estimate of drug-likeness (QED) is 0.805. The van der Waals surface area contributed by atoms with Crippen LogP contribution in [0.3, 0.4) is 0 Å². The molecule has 0 fully saturated rings. The van der Waals surface area contributed by atoms with Gasteiger partial charge in [0.1, 0.15) is 0 Å². The van der Waals surface area contributed by atoms with Gasteiger partial charge in [-0.2, -0.15) is 10.4 Å². The van der Waals surface area contributed by atoms with Crippen molar-refractivity contribution in [3.05, 3.63) is 47.0 Å². The minimum atomic E-state index is 0.0366. The second kappa shape index (κ2) is 8.82. The fourth-order valence-corrected chi connectivity index (χ4v) is 2.67. The molecule has 0 aliphatic heterocycles. The summed E-state index contributed by atoms with van der Waals surface area (Å²) in [4.78, 5) is 16.2. The molecular weight excluding hydrogens is 302 g/mol.